The zero-order valence-corrected chi connectivity index (χ0v) is 38.2. The van der Waals surface area contributed by atoms with Gasteiger partial charge in [-0.05, 0) is 124 Å². The first-order valence-corrected chi connectivity index (χ1v) is 22.6. The molecule has 0 radical (unpaired) electrons. The molecule has 0 heterocycles. The number of isocyanates is 1. The molecule has 0 N–H and O–H groups in total. The lowest BCUT2D eigenvalue weighted by Gasteiger charge is -2.23. The molecule has 6 saturated carbocycles. The van der Waals surface area contributed by atoms with Crippen LogP contribution < -0.4 is 4.74 Å². The van der Waals surface area contributed by atoms with Crippen molar-refractivity contribution < 1.29 is 14.3 Å². The molecule has 6 aliphatic carbocycles. The molecule has 0 amide bonds. The smallest absolute Gasteiger partial charge is 0.292 e. The Kier molecular flexibility index (Phi) is 39.2. The summed E-state index contributed by atoms with van der Waals surface area (Å²) < 4.78 is 8.36. The van der Waals surface area contributed by atoms with Crippen molar-refractivity contribution in [1.82, 2.24) is 0 Å². The van der Waals surface area contributed by atoms with Gasteiger partial charge in [0.15, 0.2) is 0 Å². The molecule has 8 unspecified atom stereocenters. The highest BCUT2D eigenvalue weighted by Gasteiger charge is 2.49. The zero-order valence-electron chi connectivity index (χ0n) is 38.2. The van der Waals surface area contributed by atoms with Crippen molar-refractivity contribution >= 4 is 6.08 Å². The zero-order chi connectivity index (χ0) is 43.7. The molecule has 3 aromatic rings. The van der Waals surface area contributed by atoms with Gasteiger partial charge in [-0.15, -0.1) is 5.26 Å². The Labute approximate surface area is 356 Å². The van der Waals surface area contributed by atoms with Crippen molar-refractivity contribution in [1.29, 1.82) is 10.5 Å². The number of methoxy groups -OCH3 is 1. The van der Waals surface area contributed by atoms with Gasteiger partial charge in [0.25, 0.3) is 12.5 Å². The first-order chi connectivity index (χ1) is 28.6. The number of benzene rings is 3. The van der Waals surface area contributed by atoms with E-state index in [9.17, 15) is 0 Å². The molecule has 4 bridgehead atoms. The molecule has 58 heavy (non-hydrogen) atoms. The maximum atomic E-state index is 8.88. The summed E-state index contributed by atoms with van der Waals surface area (Å²) in [6.45, 7) is 16.2. The topological polar surface area (TPSA) is 95.5 Å². The van der Waals surface area contributed by atoms with Crippen LogP contribution in [0.25, 0.3) is 0 Å². The van der Waals surface area contributed by atoms with E-state index in [-0.39, 0.29) is 0 Å². The van der Waals surface area contributed by atoms with Gasteiger partial charge in [0.2, 0.25) is 6.08 Å². The van der Waals surface area contributed by atoms with Crippen LogP contribution >= 0.6 is 0 Å². The van der Waals surface area contributed by atoms with Gasteiger partial charge in [-0.1, -0.05) is 166 Å². The number of nitriles is 2. The van der Waals surface area contributed by atoms with E-state index >= 15 is 0 Å². The first-order valence-electron chi connectivity index (χ1n) is 22.6. The SMILES string of the molecule is C1CC2C3CCC(C3)C2C1.C1CC2C3CCC(C3)C2C1.CC.CC.CC.CCC.CN=C=O.COC#N.N#COc1ccccc1.c1ccccc1.c1ccccc1. The lowest BCUT2D eigenvalue weighted by atomic mass is 9.82. The van der Waals surface area contributed by atoms with Crippen molar-refractivity contribution in [3.05, 3.63) is 103 Å². The van der Waals surface area contributed by atoms with Crippen LogP contribution in [0.2, 0.25) is 0 Å². The van der Waals surface area contributed by atoms with E-state index in [1.807, 2.05) is 133 Å². The number of carbonyl (C=O) groups excluding carboxylic acids is 1. The quantitative estimate of drug-likeness (QED) is 0.139. The van der Waals surface area contributed by atoms with E-state index in [0.29, 0.717) is 5.75 Å². The maximum Gasteiger partial charge on any atom is 0.292 e. The van der Waals surface area contributed by atoms with Crippen LogP contribution in [0.1, 0.15) is 139 Å². The highest BCUT2D eigenvalue weighted by Crippen LogP contribution is 2.59. The molecule has 0 saturated heterocycles. The van der Waals surface area contributed by atoms with E-state index in [1.54, 1.807) is 95.4 Å². The molecule has 6 fully saturated rings. The molecule has 8 atom stereocenters. The van der Waals surface area contributed by atoms with Crippen LogP contribution in [0.4, 0.5) is 0 Å². The Hall–Kier alpha value is -4.38. The number of para-hydroxylation sites is 1. The van der Waals surface area contributed by atoms with Gasteiger partial charge in [0, 0.05) is 7.05 Å². The number of hydrogen-bond acceptors (Lipinski definition) is 6. The van der Waals surface area contributed by atoms with Crippen molar-refractivity contribution in [3.63, 3.8) is 0 Å². The number of rotatable bonds is 1. The summed E-state index contributed by atoms with van der Waals surface area (Å²) in [7, 11) is 2.70. The predicted molar refractivity (Wildman–Crippen MR) is 246 cm³/mol. The maximum absolute atomic E-state index is 8.88. The molecule has 3 aromatic carbocycles. The van der Waals surface area contributed by atoms with Crippen LogP contribution in [0.15, 0.2) is 108 Å². The Balaban J connectivity index is 0. The fourth-order valence-corrected chi connectivity index (χ4v) is 9.35. The highest BCUT2D eigenvalue weighted by atomic mass is 16.5. The van der Waals surface area contributed by atoms with Crippen LogP contribution in [-0.2, 0) is 9.53 Å². The molecule has 0 aliphatic heterocycles. The lowest BCUT2D eigenvalue weighted by molar-refractivity contribution is 0.259. The largest absolute Gasteiger partial charge is 0.431 e. The Bertz CT molecular complexity index is 1250. The monoisotopic (exact) mass is 796 g/mol. The van der Waals surface area contributed by atoms with Crippen LogP contribution in [0, 0.1) is 70.4 Å². The fourth-order valence-electron chi connectivity index (χ4n) is 9.35. The second-order valence-corrected chi connectivity index (χ2v) is 14.3. The minimum absolute atomic E-state index is 0.583. The third-order valence-electron chi connectivity index (χ3n) is 11.1. The lowest BCUT2D eigenvalue weighted by Crippen LogP contribution is -2.15. The van der Waals surface area contributed by atoms with E-state index < -0.39 is 0 Å². The summed E-state index contributed by atoms with van der Waals surface area (Å²) in [5.74, 6) is 10.2. The van der Waals surface area contributed by atoms with E-state index in [0.717, 1.165) is 0 Å². The average Bonchev–Trinajstić information content (AvgIpc) is 4.18. The Morgan fingerprint density at radius 2 is 0.776 bits per heavy atom. The van der Waals surface area contributed by atoms with Crippen LogP contribution in [0.3, 0.4) is 0 Å². The molecular weight excluding hydrogens is 715 g/mol. The predicted octanol–water partition coefficient (Wildman–Crippen LogP) is 15.1. The Morgan fingerprint density at radius 3 is 0.983 bits per heavy atom. The molecule has 322 valence electrons. The summed E-state index contributed by atoms with van der Waals surface area (Å²) in [5.41, 5.74) is 0. The summed E-state index contributed by atoms with van der Waals surface area (Å²) in [4.78, 5) is 11.8. The van der Waals surface area contributed by atoms with Gasteiger partial charge in [-0.25, -0.2) is 9.79 Å². The molecule has 0 spiro atoms. The number of aliphatic imine (C=N–C) groups is 1. The normalized spacial score (nSPS) is 23.9. The third kappa shape index (κ3) is 23.8. The number of ether oxygens (including phenoxy) is 2. The molecular formula is C52H81N3O3. The fraction of sp³-hybridized carbons (Fsp3) is 0.596. The van der Waals surface area contributed by atoms with Gasteiger partial charge >= 0.3 is 0 Å². The van der Waals surface area contributed by atoms with Gasteiger partial charge in [-0.3, -0.25) is 0 Å². The van der Waals surface area contributed by atoms with Crippen LogP contribution in [0.5, 0.6) is 5.75 Å². The van der Waals surface area contributed by atoms with E-state index in [1.165, 1.54) is 80.3 Å². The summed E-state index contributed by atoms with van der Waals surface area (Å²) in [5, 5.41) is 15.5. The number of nitrogens with zero attached hydrogens (tertiary/aromatic N) is 3. The molecule has 6 heteroatoms. The van der Waals surface area contributed by atoms with Gasteiger partial charge in [0.05, 0.1) is 7.11 Å². The van der Waals surface area contributed by atoms with Crippen molar-refractivity contribution in [2.45, 2.75) is 139 Å². The van der Waals surface area contributed by atoms with Gasteiger partial charge < -0.3 is 9.47 Å². The summed E-state index contributed by atoms with van der Waals surface area (Å²) in [6, 6.07) is 32.9. The van der Waals surface area contributed by atoms with Crippen LogP contribution in [-0.4, -0.2) is 20.2 Å². The molecule has 6 aliphatic rings. The molecule has 0 aromatic heterocycles. The van der Waals surface area contributed by atoms with E-state index in [2.05, 4.69) is 28.3 Å². The number of fused-ring (bicyclic) bond motifs is 10. The average molecular weight is 796 g/mol. The second kappa shape index (κ2) is 40.8. The first kappa shape index (κ1) is 55.7. The van der Waals surface area contributed by atoms with Crippen molar-refractivity contribution in [2.75, 3.05) is 14.2 Å². The second-order valence-electron chi connectivity index (χ2n) is 14.3. The van der Waals surface area contributed by atoms with Crippen molar-refractivity contribution in [3.8, 4) is 18.3 Å². The summed E-state index contributed by atoms with van der Waals surface area (Å²) in [6.07, 6.45) is 24.6. The Morgan fingerprint density at radius 1 is 0.534 bits per heavy atom. The van der Waals surface area contributed by atoms with Gasteiger partial charge in [0.1, 0.15) is 5.75 Å². The standard InChI is InChI=1S/2C10H16.C7H5NO.2C6H6.C3H8.2C2H3NO.3C2H6/c2*1-2-9-7-4-5-8(6-7)10(9)3-1;8-6-9-7-4-2-1-3-5-7;2*1-2-4-6-5-3-1;1-3-2;1-4-2-3;1-3-2-4;3*1-2/h2*7-10H,1-6H2;1-5H;2*1-6H;3H2,1-2H3;2*1H3;3*1-2H3. The molecule has 9 rings (SSSR count). The van der Waals surface area contributed by atoms with Gasteiger partial charge in [-0.2, -0.15) is 5.26 Å². The highest BCUT2D eigenvalue weighted by molar-refractivity contribution is 5.32. The van der Waals surface area contributed by atoms with Crippen molar-refractivity contribution in [2.24, 2.45) is 52.3 Å². The van der Waals surface area contributed by atoms with E-state index in [4.69, 9.17) is 15.3 Å². The molecule has 6 nitrogen and oxygen atoms in total. The minimum Gasteiger partial charge on any atom is -0.431 e. The minimum atomic E-state index is 0.583. The third-order valence-corrected chi connectivity index (χ3v) is 11.1. The summed E-state index contributed by atoms with van der Waals surface area (Å²) >= 11 is 0. The number of hydrogen-bond donors (Lipinski definition) is 0.